The van der Waals surface area contributed by atoms with Crippen molar-refractivity contribution in [3.8, 4) is 5.75 Å². The fourth-order valence-electron chi connectivity index (χ4n) is 6.83. The molecule has 2 aliphatic heterocycles. The molecule has 1 unspecified atom stereocenters. The molecule has 1 fully saturated rings. The predicted molar refractivity (Wildman–Crippen MR) is 178 cm³/mol. The van der Waals surface area contributed by atoms with Gasteiger partial charge in [0, 0.05) is 44.5 Å². The number of piperidine rings is 1. The van der Waals surface area contributed by atoms with Gasteiger partial charge in [0.15, 0.2) is 0 Å². The highest BCUT2D eigenvalue weighted by atomic mass is 32.2. The Morgan fingerprint density at radius 3 is 2.51 bits per heavy atom. The van der Waals surface area contributed by atoms with Gasteiger partial charge >= 0.3 is 0 Å². The zero-order chi connectivity index (χ0) is 31.4. The van der Waals surface area contributed by atoms with E-state index in [4.69, 9.17) is 4.74 Å². The molecule has 0 saturated carbocycles. The molecule has 0 radical (unpaired) electrons. The van der Waals surface area contributed by atoms with Crippen molar-refractivity contribution in [3.63, 3.8) is 0 Å². The third-order valence-electron chi connectivity index (χ3n) is 9.24. The standard InChI is InChI=1S/C36H44N4O4S/c1-3-8-28-21-27(26-38-16-5-4-6-17-38)10-11-31(28)25-37-36(41)24-35-34-9-7-18-39(34)19-20-40(35)45(42,43)33-15-13-29-22-32(44-2)14-12-30(29)23-33/h7,9-15,18,21-23,35H,3-6,8,16-17,19-20,24-26H2,1-2H3,(H,37,41). The van der Waals surface area contributed by atoms with Gasteiger partial charge in [-0.2, -0.15) is 4.31 Å². The van der Waals surface area contributed by atoms with Crippen molar-refractivity contribution in [2.75, 3.05) is 26.7 Å². The molecule has 0 spiro atoms. The van der Waals surface area contributed by atoms with Crippen molar-refractivity contribution in [2.45, 2.75) is 76.0 Å². The lowest BCUT2D eigenvalue weighted by Gasteiger charge is -2.35. The Morgan fingerprint density at radius 1 is 0.911 bits per heavy atom. The van der Waals surface area contributed by atoms with Crippen LogP contribution in [-0.4, -0.2) is 54.8 Å². The van der Waals surface area contributed by atoms with E-state index < -0.39 is 16.1 Å². The van der Waals surface area contributed by atoms with E-state index in [1.54, 1.807) is 19.2 Å². The van der Waals surface area contributed by atoms with Crippen molar-refractivity contribution in [1.82, 2.24) is 19.1 Å². The third-order valence-corrected chi connectivity index (χ3v) is 11.1. The zero-order valence-corrected chi connectivity index (χ0v) is 27.2. The number of likely N-dealkylation sites (tertiary alicyclic amines) is 1. The SMILES string of the molecule is CCCc1cc(CN2CCCCC2)ccc1CNC(=O)CC1c2cccn2CCN1S(=O)(=O)c1ccc2cc(OC)ccc2c1. The summed E-state index contributed by atoms with van der Waals surface area (Å²) in [4.78, 5) is 16.3. The zero-order valence-electron chi connectivity index (χ0n) is 26.4. The van der Waals surface area contributed by atoms with Crippen LogP contribution in [0.2, 0.25) is 0 Å². The lowest BCUT2D eigenvalue weighted by Crippen LogP contribution is -2.43. The Balaban J connectivity index is 1.18. The molecule has 4 aromatic rings. The van der Waals surface area contributed by atoms with E-state index >= 15 is 0 Å². The van der Waals surface area contributed by atoms with E-state index in [1.807, 2.05) is 42.6 Å². The average molecular weight is 629 g/mol. The number of sulfonamides is 1. The first kappa shape index (κ1) is 31.3. The van der Waals surface area contributed by atoms with Gasteiger partial charge in [-0.1, -0.05) is 50.1 Å². The Bertz CT molecular complexity index is 1760. The minimum absolute atomic E-state index is 0.0458. The summed E-state index contributed by atoms with van der Waals surface area (Å²) in [6.45, 7) is 6.73. The molecule has 3 aromatic carbocycles. The van der Waals surface area contributed by atoms with Gasteiger partial charge in [0.2, 0.25) is 15.9 Å². The monoisotopic (exact) mass is 628 g/mol. The Kier molecular flexibility index (Phi) is 9.58. The molecular weight excluding hydrogens is 584 g/mol. The highest BCUT2D eigenvalue weighted by molar-refractivity contribution is 7.89. The molecule has 1 N–H and O–H groups in total. The quantitative estimate of drug-likeness (QED) is 0.219. The number of carbonyl (C=O) groups excluding carboxylic acids is 1. The van der Waals surface area contributed by atoms with Gasteiger partial charge < -0.3 is 14.6 Å². The number of aryl methyl sites for hydroxylation is 1. The second-order valence-corrected chi connectivity index (χ2v) is 14.2. The van der Waals surface area contributed by atoms with Gasteiger partial charge in [-0.25, -0.2) is 8.42 Å². The summed E-state index contributed by atoms with van der Waals surface area (Å²) < 4.78 is 37.1. The lowest BCUT2D eigenvalue weighted by atomic mass is 9.99. The predicted octanol–water partition coefficient (Wildman–Crippen LogP) is 6.04. The van der Waals surface area contributed by atoms with E-state index in [1.165, 1.54) is 34.7 Å². The molecule has 3 heterocycles. The van der Waals surface area contributed by atoms with Crippen LogP contribution in [0.3, 0.4) is 0 Å². The maximum atomic E-state index is 14.1. The number of hydrogen-bond acceptors (Lipinski definition) is 5. The van der Waals surface area contributed by atoms with Crippen LogP contribution in [0.1, 0.15) is 67.5 Å². The van der Waals surface area contributed by atoms with Crippen molar-refractivity contribution in [2.24, 2.45) is 0 Å². The maximum Gasteiger partial charge on any atom is 0.243 e. The highest BCUT2D eigenvalue weighted by Gasteiger charge is 2.38. The van der Waals surface area contributed by atoms with Gasteiger partial charge in [0.25, 0.3) is 0 Å². The molecule has 0 aliphatic carbocycles. The summed E-state index contributed by atoms with van der Waals surface area (Å²) in [5.74, 6) is 0.552. The topological polar surface area (TPSA) is 83.9 Å². The van der Waals surface area contributed by atoms with Gasteiger partial charge in [0.05, 0.1) is 18.0 Å². The minimum Gasteiger partial charge on any atom is -0.497 e. The van der Waals surface area contributed by atoms with E-state index in [0.717, 1.165) is 60.3 Å². The summed E-state index contributed by atoms with van der Waals surface area (Å²) >= 11 is 0. The Morgan fingerprint density at radius 2 is 1.71 bits per heavy atom. The fraction of sp³-hybridized carbons (Fsp3) is 0.417. The summed E-state index contributed by atoms with van der Waals surface area (Å²) in [6.07, 6.45) is 7.86. The largest absolute Gasteiger partial charge is 0.497 e. The number of carbonyl (C=O) groups is 1. The molecule has 1 atom stereocenters. The molecule has 45 heavy (non-hydrogen) atoms. The molecule has 1 amide bonds. The number of nitrogens with one attached hydrogen (secondary N) is 1. The summed E-state index contributed by atoms with van der Waals surface area (Å²) in [5, 5.41) is 4.84. The lowest BCUT2D eigenvalue weighted by molar-refractivity contribution is -0.122. The molecule has 1 aromatic heterocycles. The number of aromatic nitrogens is 1. The molecule has 6 rings (SSSR count). The van der Waals surface area contributed by atoms with Gasteiger partial charge in [-0.05, 0) is 96.2 Å². The Labute approximate surface area is 267 Å². The number of benzene rings is 3. The van der Waals surface area contributed by atoms with E-state index in [0.29, 0.717) is 19.6 Å². The number of methoxy groups -OCH3 is 1. The number of hydrogen-bond donors (Lipinski definition) is 1. The van der Waals surface area contributed by atoms with Crippen molar-refractivity contribution >= 4 is 26.7 Å². The number of amides is 1. The highest BCUT2D eigenvalue weighted by Crippen LogP contribution is 2.35. The molecule has 1 saturated heterocycles. The molecule has 8 nitrogen and oxygen atoms in total. The number of nitrogens with zero attached hydrogens (tertiary/aromatic N) is 3. The van der Waals surface area contributed by atoms with E-state index in [2.05, 4.69) is 39.9 Å². The molecule has 238 valence electrons. The number of fused-ring (bicyclic) bond motifs is 2. The van der Waals surface area contributed by atoms with Crippen LogP contribution in [0.25, 0.3) is 10.8 Å². The van der Waals surface area contributed by atoms with Crippen LogP contribution in [0, 0.1) is 0 Å². The first-order chi connectivity index (χ1) is 21.9. The second kappa shape index (κ2) is 13.8. The van der Waals surface area contributed by atoms with Crippen molar-refractivity contribution < 1.29 is 17.9 Å². The van der Waals surface area contributed by atoms with E-state index in [9.17, 15) is 13.2 Å². The van der Waals surface area contributed by atoms with Crippen LogP contribution >= 0.6 is 0 Å². The summed E-state index contributed by atoms with van der Waals surface area (Å²) in [7, 11) is -2.27. The van der Waals surface area contributed by atoms with Crippen LogP contribution in [0.4, 0.5) is 0 Å². The van der Waals surface area contributed by atoms with Crippen molar-refractivity contribution in [3.05, 3.63) is 95.3 Å². The van der Waals surface area contributed by atoms with Gasteiger partial charge in [-0.15, -0.1) is 0 Å². The first-order valence-corrected chi connectivity index (χ1v) is 17.6. The smallest absolute Gasteiger partial charge is 0.243 e. The van der Waals surface area contributed by atoms with Gasteiger partial charge in [-0.3, -0.25) is 9.69 Å². The van der Waals surface area contributed by atoms with Crippen LogP contribution in [0.5, 0.6) is 5.75 Å². The summed E-state index contributed by atoms with van der Waals surface area (Å²) in [6, 6.07) is 20.6. The second-order valence-electron chi connectivity index (χ2n) is 12.3. The van der Waals surface area contributed by atoms with Crippen LogP contribution < -0.4 is 10.1 Å². The molecular formula is C36H44N4O4S. The fourth-order valence-corrected chi connectivity index (χ4v) is 8.46. The first-order valence-electron chi connectivity index (χ1n) is 16.2. The van der Waals surface area contributed by atoms with Crippen LogP contribution in [-0.2, 0) is 40.9 Å². The summed E-state index contributed by atoms with van der Waals surface area (Å²) in [5.41, 5.74) is 4.56. The minimum atomic E-state index is -3.88. The molecule has 9 heteroatoms. The average Bonchev–Trinajstić information content (AvgIpc) is 3.54. The molecule has 2 aliphatic rings. The van der Waals surface area contributed by atoms with Gasteiger partial charge in [0.1, 0.15) is 5.75 Å². The Hall–Kier alpha value is -3.66. The van der Waals surface area contributed by atoms with E-state index in [-0.39, 0.29) is 17.2 Å². The number of rotatable bonds is 11. The molecule has 0 bridgehead atoms. The van der Waals surface area contributed by atoms with Crippen molar-refractivity contribution in [1.29, 1.82) is 0 Å². The number of ether oxygens (including phenoxy) is 1. The van der Waals surface area contributed by atoms with Crippen LogP contribution in [0.15, 0.2) is 77.8 Å². The third kappa shape index (κ3) is 6.95. The normalized spacial score (nSPS) is 17.7. The maximum absolute atomic E-state index is 14.1.